The highest BCUT2D eigenvalue weighted by Gasteiger charge is 2.21. The number of hydrogen-bond acceptors (Lipinski definition) is 3. The summed E-state index contributed by atoms with van der Waals surface area (Å²) in [5.74, 6) is 1.01. The Morgan fingerprint density at radius 3 is 2.67 bits per heavy atom. The minimum absolute atomic E-state index is 0.635. The highest BCUT2D eigenvalue weighted by atomic mass is 15.3. The van der Waals surface area contributed by atoms with Gasteiger partial charge < -0.3 is 15.2 Å². The predicted octanol–water partition coefficient (Wildman–Crippen LogP) is 2.90. The first-order valence-electron chi connectivity index (χ1n) is 7.38. The fourth-order valence-electron chi connectivity index (χ4n) is 3.09. The van der Waals surface area contributed by atoms with Gasteiger partial charge in [0, 0.05) is 13.1 Å². The van der Waals surface area contributed by atoms with Crippen molar-refractivity contribution in [2.24, 2.45) is 0 Å². The number of nitrogen functional groups attached to an aromatic ring is 1. The van der Waals surface area contributed by atoms with Crippen molar-refractivity contribution in [1.82, 2.24) is 4.57 Å². The lowest BCUT2D eigenvalue weighted by Gasteiger charge is -2.21. The van der Waals surface area contributed by atoms with Crippen LogP contribution in [0, 0.1) is 18.3 Å². The predicted molar refractivity (Wildman–Crippen MR) is 85.3 cm³/mol. The van der Waals surface area contributed by atoms with E-state index in [9.17, 15) is 5.26 Å². The Hall–Kier alpha value is -2.41. The topological polar surface area (TPSA) is 58.0 Å². The third-order valence-corrected chi connectivity index (χ3v) is 4.04. The normalized spacial score (nSPS) is 14.4. The average molecular weight is 280 g/mol. The number of anilines is 2. The summed E-state index contributed by atoms with van der Waals surface area (Å²) in [6, 6.07) is 12.5. The van der Waals surface area contributed by atoms with Crippen LogP contribution < -0.4 is 10.6 Å². The minimum Gasteiger partial charge on any atom is -0.396 e. The van der Waals surface area contributed by atoms with Crippen LogP contribution in [0.2, 0.25) is 0 Å². The van der Waals surface area contributed by atoms with Crippen LogP contribution in [0.4, 0.5) is 11.5 Å². The van der Waals surface area contributed by atoms with Crippen LogP contribution in [0.1, 0.15) is 29.7 Å². The third-order valence-electron chi connectivity index (χ3n) is 4.04. The quantitative estimate of drug-likeness (QED) is 0.940. The number of benzene rings is 1. The molecule has 3 rings (SSSR count). The molecule has 2 N–H and O–H groups in total. The summed E-state index contributed by atoms with van der Waals surface area (Å²) in [4.78, 5) is 2.30. The summed E-state index contributed by atoms with van der Waals surface area (Å²) in [6.07, 6.45) is 2.38. The maximum atomic E-state index is 9.39. The number of nitriles is 1. The molecule has 1 aromatic carbocycles. The second-order valence-corrected chi connectivity index (χ2v) is 5.69. The number of rotatable bonds is 3. The second-order valence-electron chi connectivity index (χ2n) is 5.69. The molecular weight excluding hydrogens is 260 g/mol. The summed E-state index contributed by atoms with van der Waals surface area (Å²) in [5, 5.41) is 9.39. The van der Waals surface area contributed by atoms with E-state index < -0.39 is 0 Å². The average Bonchev–Trinajstić information content (AvgIpc) is 3.07. The number of hydrogen-bond donors (Lipinski definition) is 1. The van der Waals surface area contributed by atoms with Crippen molar-refractivity contribution in [3.63, 3.8) is 0 Å². The standard InChI is InChI=1S/C17H20N4/c1-13-5-4-6-14(9-13)12-21-15(11-18)10-16(19)17(21)20-7-2-3-8-20/h4-6,9-10H,2-3,7-8,12,19H2,1H3. The van der Waals surface area contributed by atoms with E-state index in [1.807, 2.05) is 0 Å². The van der Waals surface area contributed by atoms with Crippen LogP contribution in [-0.2, 0) is 6.54 Å². The van der Waals surface area contributed by atoms with Gasteiger partial charge >= 0.3 is 0 Å². The van der Waals surface area contributed by atoms with Crippen LogP contribution >= 0.6 is 0 Å². The summed E-state index contributed by atoms with van der Waals surface area (Å²) < 4.78 is 2.05. The van der Waals surface area contributed by atoms with Crippen LogP contribution in [0.15, 0.2) is 30.3 Å². The maximum absolute atomic E-state index is 9.39. The van der Waals surface area contributed by atoms with E-state index >= 15 is 0 Å². The van der Waals surface area contributed by atoms with E-state index in [1.165, 1.54) is 24.0 Å². The Labute approximate surface area is 125 Å². The molecule has 0 unspecified atom stereocenters. The van der Waals surface area contributed by atoms with Gasteiger partial charge in [0.2, 0.25) is 0 Å². The highest BCUT2D eigenvalue weighted by molar-refractivity contribution is 5.68. The van der Waals surface area contributed by atoms with Gasteiger partial charge in [-0.3, -0.25) is 0 Å². The Bertz CT molecular complexity index is 687. The Kier molecular flexibility index (Phi) is 3.57. The molecule has 0 spiro atoms. The Morgan fingerprint density at radius 2 is 2.00 bits per heavy atom. The molecule has 2 heterocycles. The first-order chi connectivity index (χ1) is 10.2. The van der Waals surface area contributed by atoms with Crippen molar-refractivity contribution < 1.29 is 0 Å². The molecular formula is C17H20N4. The lowest BCUT2D eigenvalue weighted by Crippen LogP contribution is -2.23. The van der Waals surface area contributed by atoms with E-state index in [1.54, 1.807) is 6.07 Å². The number of nitrogens with two attached hydrogens (primary N) is 1. The fraction of sp³-hybridized carbons (Fsp3) is 0.353. The van der Waals surface area contributed by atoms with Gasteiger partial charge in [-0.05, 0) is 31.4 Å². The lowest BCUT2D eigenvalue weighted by atomic mass is 10.1. The molecule has 2 aromatic rings. The molecule has 1 aliphatic rings. The monoisotopic (exact) mass is 280 g/mol. The molecule has 0 aliphatic carbocycles. The Balaban J connectivity index is 2.01. The number of aryl methyl sites for hydroxylation is 1. The molecule has 0 saturated carbocycles. The molecule has 1 saturated heterocycles. The molecule has 1 aliphatic heterocycles. The first-order valence-corrected chi connectivity index (χ1v) is 7.38. The van der Waals surface area contributed by atoms with Gasteiger partial charge in [-0.1, -0.05) is 29.8 Å². The van der Waals surface area contributed by atoms with E-state index in [2.05, 4.69) is 46.7 Å². The molecule has 0 radical (unpaired) electrons. The third kappa shape index (κ3) is 2.59. The van der Waals surface area contributed by atoms with Gasteiger partial charge in [0.1, 0.15) is 17.6 Å². The van der Waals surface area contributed by atoms with Gasteiger partial charge in [-0.2, -0.15) is 5.26 Å². The molecule has 1 fully saturated rings. The first kappa shape index (κ1) is 13.6. The molecule has 0 amide bonds. The van der Waals surface area contributed by atoms with Crippen molar-refractivity contribution in [2.45, 2.75) is 26.3 Å². The molecule has 21 heavy (non-hydrogen) atoms. The van der Waals surface area contributed by atoms with Gasteiger partial charge in [0.05, 0.1) is 12.2 Å². The minimum atomic E-state index is 0.635. The summed E-state index contributed by atoms with van der Waals surface area (Å²) in [5.41, 5.74) is 9.94. The number of aromatic nitrogens is 1. The smallest absolute Gasteiger partial charge is 0.133 e. The summed E-state index contributed by atoms with van der Waals surface area (Å²) in [7, 11) is 0. The van der Waals surface area contributed by atoms with Gasteiger partial charge in [-0.25, -0.2) is 0 Å². The number of nitrogens with zero attached hydrogens (tertiary/aromatic N) is 3. The second kappa shape index (κ2) is 5.53. The zero-order chi connectivity index (χ0) is 14.8. The van der Waals surface area contributed by atoms with Crippen LogP contribution in [0.5, 0.6) is 0 Å². The van der Waals surface area contributed by atoms with E-state index in [-0.39, 0.29) is 0 Å². The van der Waals surface area contributed by atoms with Gasteiger partial charge in [0.25, 0.3) is 0 Å². The molecule has 4 nitrogen and oxygen atoms in total. The van der Waals surface area contributed by atoms with Crippen molar-refractivity contribution in [3.05, 3.63) is 47.2 Å². The van der Waals surface area contributed by atoms with Gasteiger partial charge in [-0.15, -0.1) is 0 Å². The lowest BCUT2D eigenvalue weighted by molar-refractivity contribution is 0.761. The molecule has 0 bridgehead atoms. The molecule has 0 atom stereocenters. The van der Waals surface area contributed by atoms with Gasteiger partial charge in [0.15, 0.2) is 0 Å². The SMILES string of the molecule is Cc1cccc(Cn2c(C#N)cc(N)c2N2CCCC2)c1. The van der Waals surface area contributed by atoms with Crippen LogP contribution in [0.25, 0.3) is 0 Å². The molecule has 1 aromatic heterocycles. The van der Waals surface area contributed by atoms with Crippen molar-refractivity contribution in [1.29, 1.82) is 5.26 Å². The fourth-order valence-corrected chi connectivity index (χ4v) is 3.09. The summed E-state index contributed by atoms with van der Waals surface area (Å²) in [6.45, 7) is 4.81. The van der Waals surface area contributed by atoms with E-state index in [4.69, 9.17) is 5.73 Å². The Morgan fingerprint density at radius 1 is 1.24 bits per heavy atom. The van der Waals surface area contributed by atoms with Crippen LogP contribution in [0.3, 0.4) is 0 Å². The van der Waals surface area contributed by atoms with Crippen molar-refractivity contribution in [2.75, 3.05) is 23.7 Å². The highest BCUT2D eigenvalue weighted by Crippen LogP contribution is 2.31. The van der Waals surface area contributed by atoms with Crippen LogP contribution in [-0.4, -0.2) is 17.7 Å². The van der Waals surface area contributed by atoms with Crippen molar-refractivity contribution in [3.8, 4) is 6.07 Å². The van der Waals surface area contributed by atoms with E-state index in [0.717, 1.165) is 18.9 Å². The largest absolute Gasteiger partial charge is 0.396 e. The molecule has 4 heteroatoms. The zero-order valence-corrected chi connectivity index (χ0v) is 12.3. The van der Waals surface area contributed by atoms with E-state index in [0.29, 0.717) is 17.9 Å². The van der Waals surface area contributed by atoms with Crippen molar-refractivity contribution >= 4 is 11.5 Å². The summed E-state index contributed by atoms with van der Waals surface area (Å²) >= 11 is 0. The maximum Gasteiger partial charge on any atom is 0.133 e. The molecule has 108 valence electrons. The zero-order valence-electron chi connectivity index (χ0n) is 12.3.